The predicted molar refractivity (Wildman–Crippen MR) is 113 cm³/mol. The Labute approximate surface area is 184 Å². The predicted octanol–water partition coefficient (Wildman–Crippen LogP) is 2.72. The van der Waals surface area contributed by atoms with Crippen molar-refractivity contribution in [2.75, 3.05) is 19.0 Å². The number of imide groups is 1. The summed E-state index contributed by atoms with van der Waals surface area (Å²) in [5.74, 6) is -1.46. The van der Waals surface area contributed by atoms with Crippen molar-refractivity contribution in [2.24, 2.45) is 5.73 Å². The van der Waals surface area contributed by atoms with Crippen LogP contribution in [0.15, 0.2) is 46.4 Å². The molecule has 0 aliphatic carbocycles. The van der Waals surface area contributed by atoms with E-state index in [0.717, 1.165) is 0 Å². The minimum Gasteiger partial charge on any atom is -0.493 e. The zero-order chi connectivity index (χ0) is 23.0. The maximum absolute atomic E-state index is 12.9. The first-order valence-electron chi connectivity index (χ1n) is 8.51. The number of hydrogen-bond donors (Lipinski definition) is 3. The van der Waals surface area contributed by atoms with E-state index >= 15 is 0 Å². The number of nitrogens with two attached hydrogens (primary N) is 1. The Morgan fingerprint density at radius 1 is 1.26 bits per heavy atom. The summed E-state index contributed by atoms with van der Waals surface area (Å²) in [6, 6.07) is 8.80. The lowest BCUT2D eigenvalue weighted by molar-refractivity contribution is -0.118. The van der Waals surface area contributed by atoms with Crippen molar-refractivity contribution in [2.45, 2.75) is 0 Å². The van der Waals surface area contributed by atoms with Crippen molar-refractivity contribution in [3.8, 4) is 17.6 Å². The molecule has 9 nitrogen and oxygen atoms in total. The molecular weight excluding hydrogens is 475 g/mol. The standard InChI is InChI=1S/C20H16BrFN4O5/c1-30-16-8-11(6-12(9-23)19(28)26-20(24)29)7-15(21)18(16)31-10-17(27)25-14-4-2-13(22)3-5-14/h2-8H,10H2,1H3,(H,25,27)(H3,24,26,28,29)/b12-6-. The van der Waals surface area contributed by atoms with Crippen molar-refractivity contribution in [3.05, 3.63) is 57.8 Å². The van der Waals surface area contributed by atoms with E-state index in [4.69, 9.17) is 20.5 Å². The van der Waals surface area contributed by atoms with E-state index in [2.05, 4.69) is 21.2 Å². The number of nitrogens with zero attached hydrogens (tertiary/aromatic N) is 1. The monoisotopic (exact) mass is 490 g/mol. The Kier molecular flexibility index (Phi) is 8.10. The zero-order valence-corrected chi connectivity index (χ0v) is 17.7. The number of anilines is 1. The Morgan fingerprint density at radius 3 is 2.52 bits per heavy atom. The number of nitrogens with one attached hydrogen (secondary N) is 2. The van der Waals surface area contributed by atoms with Crippen LogP contribution in [-0.2, 0) is 9.59 Å². The number of carbonyl (C=O) groups is 3. The molecule has 2 aromatic carbocycles. The van der Waals surface area contributed by atoms with Gasteiger partial charge in [0.2, 0.25) is 0 Å². The highest BCUT2D eigenvalue weighted by Gasteiger charge is 2.16. The molecule has 0 aromatic heterocycles. The molecule has 0 fully saturated rings. The Bertz CT molecular complexity index is 1080. The van der Waals surface area contributed by atoms with E-state index in [-0.39, 0.29) is 23.7 Å². The van der Waals surface area contributed by atoms with Gasteiger partial charge in [-0.05, 0) is 64.0 Å². The normalized spacial score (nSPS) is 10.6. The third-order valence-corrected chi connectivity index (χ3v) is 4.23. The highest BCUT2D eigenvalue weighted by molar-refractivity contribution is 9.10. The SMILES string of the molecule is COc1cc(/C=C(/C#N)C(=O)NC(N)=O)cc(Br)c1OCC(=O)Nc1ccc(F)cc1. The Hall–Kier alpha value is -3.91. The van der Waals surface area contributed by atoms with Gasteiger partial charge in [-0.3, -0.25) is 14.9 Å². The lowest BCUT2D eigenvalue weighted by Crippen LogP contribution is -2.35. The van der Waals surface area contributed by atoms with Crippen molar-refractivity contribution in [1.29, 1.82) is 5.26 Å². The summed E-state index contributed by atoms with van der Waals surface area (Å²) >= 11 is 3.29. The summed E-state index contributed by atoms with van der Waals surface area (Å²) in [4.78, 5) is 34.7. The van der Waals surface area contributed by atoms with E-state index in [1.54, 1.807) is 11.4 Å². The van der Waals surface area contributed by atoms with Crippen LogP contribution in [0, 0.1) is 17.1 Å². The number of carbonyl (C=O) groups excluding carboxylic acids is 3. The first kappa shape index (κ1) is 23.4. The van der Waals surface area contributed by atoms with Crippen LogP contribution in [0.1, 0.15) is 5.56 Å². The van der Waals surface area contributed by atoms with Crippen LogP contribution in [0.5, 0.6) is 11.5 Å². The number of ether oxygens (including phenoxy) is 2. The van der Waals surface area contributed by atoms with Gasteiger partial charge in [0, 0.05) is 5.69 Å². The minimum atomic E-state index is -1.09. The first-order valence-corrected chi connectivity index (χ1v) is 9.31. The topological polar surface area (TPSA) is 144 Å². The van der Waals surface area contributed by atoms with Gasteiger partial charge in [0.15, 0.2) is 18.1 Å². The van der Waals surface area contributed by atoms with Crippen LogP contribution < -0.4 is 25.8 Å². The van der Waals surface area contributed by atoms with Crippen LogP contribution >= 0.6 is 15.9 Å². The van der Waals surface area contributed by atoms with E-state index in [9.17, 15) is 18.8 Å². The summed E-state index contributed by atoms with van der Waals surface area (Å²) in [5, 5.41) is 13.5. The summed E-state index contributed by atoms with van der Waals surface area (Å²) < 4.78 is 24.1. The first-order chi connectivity index (χ1) is 14.7. The fraction of sp³-hybridized carbons (Fsp3) is 0.100. The minimum absolute atomic E-state index is 0.203. The van der Waals surface area contributed by atoms with Crippen LogP contribution in [0.2, 0.25) is 0 Å². The van der Waals surface area contributed by atoms with E-state index in [1.807, 2.05) is 0 Å². The molecule has 0 spiro atoms. The maximum atomic E-state index is 12.9. The second kappa shape index (κ2) is 10.7. The molecule has 160 valence electrons. The molecule has 0 bridgehead atoms. The average Bonchev–Trinajstić information content (AvgIpc) is 2.71. The van der Waals surface area contributed by atoms with E-state index < -0.39 is 23.7 Å². The van der Waals surface area contributed by atoms with Gasteiger partial charge >= 0.3 is 6.03 Å². The number of halogens is 2. The summed E-state index contributed by atoms with van der Waals surface area (Å²) in [6.45, 7) is -0.369. The molecule has 0 aliphatic rings. The van der Waals surface area contributed by atoms with Gasteiger partial charge in [0.05, 0.1) is 11.6 Å². The summed E-state index contributed by atoms with van der Waals surface area (Å²) in [6.07, 6.45) is 1.22. The molecule has 2 aromatic rings. The number of methoxy groups -OCH3 is 1. The van der Waals surface area contributed by atoms with Gasteiger partial charge in [-0.2, -0.15) is 5.26 Å². The van der Waals surface area contributed by atoms with Crippen LogP contribution in [0.3, 0.4) is 0 Å². The van der Waals surface area contributed by atoms with Gasteiger partial charge in [-0.15, -0.1) is 0 Å². The summed E-state index contributed by atoms with van der Waals surface area (Å²) in [7, 11) is 1.37. The number of primary amides is 1. The van der Waals surface area contributed by atoms with Gasteiger partial charge in [-0.1, -0.05) is 0 Å². The third kappa shape index (κ3) is 6.83. The van der Waals surface area contributed by atoms with Crippen molar-refractivity contribution in [3.63, 3.8) is 0 Å². The molecule has 0 aliphatic heterocycles. The number of benzene rings is 2. The number of hydrogen-bond acceptors (Lipinski definition) is 6. The molecule has 0 saturated heterocycles. The van der Waals surface area contributed by atoms with Gasteiger partial charge in [0.25, 0.3) is 11.8 Å². The molecule has 11 heteroatoms. The highest BCUT2D eigenvalue weighted by Crippen LogP contribution is 2.37. The van der Waals surface area contributed by atoms with Crippen LogP contribution in [0.4, 0.5) is 14.9 Å². The third-order valence-electron chi connectivity index (χ3n) is 3.64. The molecule has 0 unspecified atom stereocenters. The fourth-order valence-electron chi connectivity index (χ4n) is 2.33. The molecule has 0 heterocycles. The lowest BCUT2D eigenvalue weighted by Gasteiger charge is -2.14. The molecule has 0 radical (unpaired) electrons. The van der Waals surface area contributed by atoms with Crippen LogP contribution in [-0.4, -0.2) is 31.6 Å². The van der Waals surface area contributed by atoms with Crippen LogP contribution in [0.25, 0.3) is 6.08 Å². The lowest BCUT2D eigenvalue weighted by atomic mass is 10.1. The molecular formula is C20H16BrFN4O5. The number of amides is 4. The van der Waals surface area contributed by atoms with Gasteiger partial charge in [-0.25, -0.2) is 9.18 Å². The number of nitriles is 1. The van der Waals surface area contributed by atoms with Crippen molar-refractivity contribution in [1.82, 2.24) is 5.32 Å². The molecule has 2 rings (SSSR count). The largest absolute Gasteiger partial charge is 0.493 e. The Balaban J connectivity index is 2.16. The maximum Gasteiger partial charge on any atom is 0.319 e. The summed E-state index contributed by atoms with van der Waals surface area (Å²) in [5.41, 5.74) is 5.30. The van der Waals surface area contributed by atoms with Crippen molar-refractivity contribution >= 4 is 45.5 Å². The fourth-order valence-corrected chi connectivity index (χ4v) is 2.90. The molecule has 0 atom stereocenters. The Morgan fingerprint density at radius 2 is 1.94 bits per heavy atom. The van der Waals surface area contributed by atoms with Gasteiger partial charge < -0.3 is 20.5 Å². The van der Waals surface area contributed by atoms with E-state index in [0.29, 0.717) is 15.7 Å². The second-order valence-corrected chi connectivity index (χ2v) is 6.72. The second-order valence-electron chi connectivity index (χ2n) is 5.87. The number of urea groups is 1. The molecule has 31 heavy (non-hydrogen) atoms. The number of rotatable bonds is 7. The highest BCUT2D eigenvalue weighted by atomic mass is 79.9. The zero-order valence-electron chi connectivity index (χ0n) is 16.1. The van der Waals surface area contributed by atoms with Gasteiger partial charge in [0.1, 0.15) is 17.5 Å². The smallest absolute Gasteiger partial charge is 0.319 e. The molecule has 4 amide bonds. The van der Waals surface area contributed by atoms with E-state index in [1.165, 1.54) is 49.6 Å². The van der Waals surface area contributed by atoms with Crippen molar-refractivity contribution < 1.29 is 28.2 Å². The molecule has 4 N–H and O–H groups in total. The molecule has 0 saturated carbocycles. The average molecular weight is 491 g/mol. The quantitative estimate of drug-likeness (QED) is 0.402.